The molecular formula is C54H52N16O16S2. The predicted octanol–water partition coefficient (Wildman–Crippen LogP) is 1.13. The molecule has 456 valence electrons. The van der Waals surface area contributed by atoms with Crippen LogP contribution in [0.4, 0.5) is 0 Å². The fourth-order valence-corrected chi connectivity index (χ4v) is 8.98. The molecule has 2 unspecified atom stereocenters. The van der Waals surface area contributed by atoms with E-state index in [2.05, 4.69) is 105 Å². The zero-order valence-electron chi connectivity index (χ0n) is 47.1. The van der Waals surface area contributed by atoms with Crippen molar-refractivity contribution < 1.29 is 76.1 Å². The lowest BCUT2D eigenvalue weighted by Crippen LogP contribution is -2.52. The zero-order chi connectivity index (χ0) is 64.6. The van der Waals surface area contributed by atoms with Crippen molar-refractivity contribution in [1.29, 1.82) is 0 Å². The van der Waals surface area contributed by atoms with Crippen LogP contribution in [0.1, 0.15) is 114 Å². The van der Waals surface area contributed by atoms with E-state index >= 15 is 0 Å². The number of aliphatic hydroxyl groups is 2. The summed E-state index contributed by atoms with van der Waals surface area (Å²) in [6, 6.07) is 0.772. The molecule has 88 heavy (non-hydrogen) atoms. The van der Waals surface area contributed by atoms with Gasteiger partial charge in [-0.15, -0.1) is 22.7 Å². The Balaban J connectivity index is 1.23. The number of ether oxygens (including phenoxy) is 1. The molecule has 4 atom stereocenters. The first-order valence-electron chi connectivity index (χ1n) is 25.2. The number of hydrogen-bond donors (Lipinski definition) is 12. The molecule has 0 fully saturated rings. The van der Waals surface area contributed by atoms with E-state index in [1.807, 2.05) is 5.32 Å². The first kappa shape index (κ1) is 64.4. The van der Waals surface area contributed by atoms with E-state index in [0.29, 0.717) is 0 Å². The lowest BCUT2D eigenvalue weighted by molar-refractivity contribution is -0.124. The number of hydrogen-bond acceptors (Lipinski definition) is 24. The van der Waals surface area contributed by atoms with Crippen LogP contribution in [0, 0.1) is 13.8 Å². The third-order valence-electron chi connectivity index (χ3n) is 11.8. The van der Waals surface area contributed by atoms with Crippen LogP contribution in [0.5, 0.6) is 0 Å². The molecule has 0 spiro atoms. The van der Waals surface area contributed by atoms with Gasteiger partial charge in [0.1, 0.15) is 73.7 Å². The number of primary amides is 1. The first-order chi connectivity index (χ1) is 41.6. The first-order valence-corrected chi connectivity index (χ1v) is 27.0. The van der Waals surface area contributed by atoms with Crippen LogP contribution in [0.15, 0.2) is 110 Å². The number of rotatable bonds is 10. The van der Waals surface area contributed by atoms with Crippen molar-refractivity contribution in [3.05, 3.63) is 160 Å². The third-order valence-corrected chi connectivity index (χ3v) is 13.5. The van der Waals surface area contributed by atoms with Gasteiger partial charge in [-0.2, -0.15) is 0 Å². The number of aliphatic hydroxyl groups excluding tert-OH is 2. The fraction of sp³-hybridized carbons (Fsp3) is 0.185. The number of amides is 10. The van der Waals surface area contributed by atoms with Gasteiger partial charge in [0.05, 0.1) is 40.7 Å². The number of aromatic nitrogens is 6. The molecule has 32 nitrogen and oxygen atoms in total. The Morgan fingerprint density at radius 1 is 0.682 bits per heavy atom. The summed E-state index contributed by atoms with van der Waals surface area (Å²) in [5.74, 6) is -11.1. The summed E-state index contributed by atoms with van der Waals surface area (Å²) in [7, 11) is 1.25. The van der Waals surface area contributed by atoms with Gasteiger partial charge >= 0.3 is 0 Å². The molecule has 0 radical (unpaired) electrons. The highest BCUT2D eigenvalue weighted by molar-refractivity contribution is 7.13. The number of thiazole rings is 2. The number of carbonyl (C=O) groups excluding carboxylic acids is 10. The van der Waals surface area contributed by atoms with Crippen LogP contribution in [0.25, 0.3) is 39.1 Å². The maximum Gasteiger partial charge on any atom is 0.278 e. The highest BCUT2D eigenvalue weighted by Crippen LogP contribution is 2.34. The van der Waals surface area contributed by atoms with Crippen LogP contribution in [0.3, 0.4) is 0 Å². The van der Waals surface area contributed by atoms with Crippen molar-refractivity contribution in [1.82, 2.24) is 77.8 Å². The van der Waals surface area contributed by atoms with Crippen molar-refractivity contribution in [2.45, 2.75) is 59.1 Å². The number of methoxy groups -OCH3 is 1. The van der Waals surface area contributed by atoms with Crippen molar-refractivity contribution in [2.24, 2.45) is 5.73 Å². The van der Waals surface area contributed by atoms with Crippen molar-refractivity contribution in [2.75, 3.05) is 7.11 Å². The quantitative estimate of drug-likeness (QED) is 0.0855. The van der Waals surface area contributed by atoms with Crippen molar-refractivity contribution in [3.63, 3.8) is 0 Å². The minimum Gasteiger partial charge on any atom is -0.443 e. The molecule has 0 saturated carbocycles. The average molecular weight is 1250 g/mol. The molecule has 6 aromatic heterocycles. The number of oxazole rings is 3. The average Bonchev–Trinajstić information content (AvgIpc) is 2.95. The predicted molar refractivity (Wildman–Crippen MR) is 309 cm³/mol. The van der Waals surface area contributed by atoms with Crippen LogP contribution in [0.2, 0.25) is 0 Å². The van der Waals surface area contributed by atoms with Crippen molar-refractivity contribution >= 4 is 98.8 Å². The number of aryl methyl sites for hydroxylation is 2. The van der Waals surface area contributed by atoms with Gasteiger partial charge in [0.25, 0.3) is 53.2 Å². The highest BCUT2D eigenvalue weighted by atomic mass is 32.1. The van der Waals surface area contributed by atoms with E-state index in [1.165, 1.54) is 63.8 Å². The second-order valence-electron chi connectivity index (χ2n) is 18.4. The number of allylic oxidation sites excluding steroid dienone is 1. The second kappa shape index (κ2) is 27.2. The minimum atomic E-state index is -1.74. The van der Waals surface area contributed by atoms with E-state index in [-0.39, 0.29) is 96.0 Å². The molecule has 10 bridgehead atoms. The lowest BCUT2D eigenvalue weighted by Gasteiger charge is -2.21. The monoisotopic (exact) mass is 1240 g/mol. The number of nitrogens with one attached hydrogen (secondary N) is 9. The Kier molecular flexibility index (Phi) is 19.9. The Labute approximate surface area is 504 Å². The molecule has 0 aliphatic carbocycles. The second-order valence-corrected chi connectivity index (χ2v) is 20.1. The molecule has 0 saturated heterocycles. The van der Waals surface area contributed by atoms with Gasteiger partial charge in [-0.25, -0.2) is 29.9 Å². The molecule has 34 heteroatoms. The molecule has 6 aromatic rings. The van der Waals surface area contributed by atoms with Gasteiger partial charge in [-0.3, -0.25) is 47.9 Å². The number of pyridine rings is 1. The van der Waals surface area contributed by atoms with Gasteiger partial charge in [-0.1, -0.05) is 39.0 Å². The fourth-order valence-electron chi connectivity index (χ4n) is 7.34. The molecule has 1 aliphatic rings. The molecule has 1 aliphatic heterocycles. The largest absolute Gasteiger partial charge is 0.443 e. The van der Waals surface area contributed by atoms with Crippen LogP contribution >= 0.6 is 22.7 Å². The summed E-state index contributed by atoms with van der Waals surface area (Å²) in [4.78, 5) is 159. The van der Waals surface area contributed by atoms with Gasteiger partial charge < -0.3 is 81.8 Å². The lowest BCUT2D eigenvalue weighted by atomic mass is 10.1. The maximum atomic E-state index is 14.0. The van der Waals surface area contributed by atoms with E-state index in [0.717, 1.165) is 35.0 Å². The summed E-state index contributed by atoms with van der Waals surface area (Å²) >= 11 is 1.80. The Bertz CT molecular complexity index is 4030. The molecule has 0 aromatic carbocycles. The van der Waals surface area contributed by atoms with Crippen LogP contribution < -0.4 is 53.6 Å². The van der Waals surface area contributed by atoms with Crippen molar-refractivity contribution in [3.8, 4) is 22.0 Å². The molecule has 7 heterocycles. The van der Waals surface area contributed by atoms with Gasteiger partial charge in [-0.05, 0) is 52.8 Å². The van der Waals surface area contributed by atoms with E-state index in [1.54, 1.807) is 6.92 Å². The molecular weight excluding hydrogens is 1190 g/mol. The Morgan fingerprint density at radius 3 is 1.91 bits per heavy atom. The maximum absolute atomic E-state index is 14.0. The summed E-state index contributed by atoms with van der Waals surface area (Å²) in [6.45, 7) is 24.5. The topological polar surface area (TPSA) is 471 Å². The summed E-state index contributed by atoms with van der Waals surface area (Å²) in [5, 5.41) is 45.2. The molecule has 10 amide bonds. The number of nitrogens with zero attached hydrogens (tertiary/aromatic N) is 6. The van der Waals surface area contributed by atoms with Crippen LogP contribution in [-0.2, 0) is 28.7 Å². The SMILES string of the molecule is C=C(NC(=O)C(=C)NC(=O)C(=C)NC(=O)c1ccc2c(n1)-c1coc(n1)C(=C)NC(=O)C(=C)NC(=O)c1nc(oc1C)/C(=C/C)NC(=O)c1csc(n1)C(OC)NC(=O)c1nc(oc1C)/C(=C/C(C)O)NC(=O)[C@H]([C@@H](C)O)NC(=O)c1csc-2n1)C(N)=O. The third kappa shape index (κ3) is 15.0. The number of carbonyl (C=O) groups is 10. The van der Waals surface area contributed by atoms with Gasteiger partial charge in [0, 0.05) is 23.4 Å². The Hall–Kier alpha value is -11.2. The summed E-state index contributed by atoms with van der Waals surface area (Å²) < 4.78 is 22.7. The Morgan fingerprint density at radius 2 is 1.28 bits per heavy atom. The summed E-state index contributed by atoms with van der Waals surface area (Å²) in [6.07, 6.45) is -0.570. The minimum absolute atomic E-state index is 0.00328. The highest BCUT2D eigenvalue weighted by Gasteiger charge is 2.32. The molecule has 7 rings (SSSR count). The number of nitrogens with two attached hydrogens (primary N) is 1. The van der Waals surface area contributed by atoms with E-state index in [9.17, 15) is 58.2 Å². The van der Waals surface area contributed by atoms with E-state index in [4.69, 9.17) is 23.7 Å². The van der Waals surface area contributed by atoms with Gasteiger partial charge in [0.2, 0.25) is 23.6 Å². The molecule has 13 N–H and O–H groups in total. The smallest absolute Gasteiger partial charge is 0.278 e. The van der Waals surface area contributed by atoms with Crippen LogP contribution in [-0.4, -0.2) is 125 Å². The summed E-state index contributed by atoms with van der Waals surface area (Å²) in [5.41, 5.74) is 0.510. The number of fused-ring (bicyclic) bond motifs is 13. The zero-order valence-corrected chi connectivity index (χ0v) is 48.7. The van der Waals surface area contributed by atoms with E-state index < -0.39 is 112 Å². The van der Waals surface area contributed by atoms with Gasteiger partial charge in [0.15, 0.2) is 17.6 Å². The normalized spacial score (nSPS) is 17.0. The standard InChI is InChI=1S/C54H52N16O16S2/c1-12-29-50-68-36(26(9)85-50)47(81)59-23(6)42(76)60-24(7)49-64-32(16-84-49)38-28(13-14-30(61-38)43(77)58-22(5)41(75)57-21(4)40(74)56-20(3)39(55)73)53-65-34(17-87-53)45(79)67-35(25(8)72)46(80)63-31(15-19(2)71)51-69-37(27(10)86-51)48(82)70-52(83-11)54-66-33(18-88-54)44(78)62-29/h12-19,25,35,52,71-72H,3-7H2,1-2,8-11H3,(H2,55,73)(H,56,74)(H,57,75)(H,58,77)(H,59,81)(H,60,76)(H,62,78)(H,63,80)(H,67,79)(H,70,82)/b29-12-,31-15-/t19?,25-,35+,52?/m1/s1.